The van der Waals surface area contributed by atoms with Crippen molar-refractivity contribution in [1.29, 1.82) is 0 Å². The van der Waals surface area contributed by atoms with E-state index in [0.29, 0.717) is 38.3 Å². The van der Waals surface area contributed by atoms with Gasteiger partial charge in [-0.05, 0) is 24.6 Å². The molecule has 2 aliphatic rings. The summed E-state index contributed by atoms with van der Waals surface area (Å²) in [5.41, 5.74) is 0.733. The van der Waals surface area contributed by atoms with Crippen molar-refractivity contribution < 1.29 is 23.3 Å². The summed E-state index contributed by atoms with van der Waals surface area (Å²) >= 11 is 0. The lowest BCUT2D eigenvalue weighted by Crippen LogP contribution is -2.51. The summed E-state index contributed by atoms with van der Waals surface area (Å²) in [6, 6.07) is 9.66. The number of halogens is 2. The molecule has 0 aromatic heterocycles. The smallest absolute Gasteiger partial charge is 0.292 e. The second-order valence-corrected chi connectivity index (χ2v) is 7.49. The molecule has 2 aromatic rings. The Morgan fingerprint density at radius 3 is 2.39 bits per heavy atom. The molecule has 1 atom stereocenters. The minimum Gasteiger partial charge on any atom is -0.362 e. The first-order valence-corrected chi connectivity index (χ1v) is 9.90. The zero-order valence-corrected chi connectivity index (χ0v) is 16.5. The van der Waals surface area contributed by atoms with Crippen LogP contribution in [0.3, 0.4) is 0 Å². The summed E-state index contributed by atoms with van der Waals surface area (Å²) < 4.78 is 26.7. The van der Waals surface area contributed by atoms with E-state index >= 15 is 0 Å². The van der Waals surface area contributed by atoms with Crippen LogP contribution in [-0.4, -0.2) is 54.4 Å². The van der Waals surface area contributed by atoms with Gasteiger partial charge in [0, 0.05) is 50.5 Å². The number of nitrogens with zero attached hydrogens (tertiary/aromatic N) is 4. The molecule has 0 aliphatic carbocycles. The predicted octanol–water partition coefficient (Wildman–Crippen LogP) is 2.57. The van der Waals surface area contributed by atoms with Gasteiger partial charge in [-0.25, -0.2) is 8.78 Å². The fraction of sp³-hybridized carbons (Fsp3) is 0.333. The molecule has 0 radical (unpaired) electrons. The molecule has 10 heteroatoms. The van der Waals surface area contributed by atoms with E-state index in [-0.39, 0.29) is 23.8 Å². The van der Waals surface area contributed by atoms with Crippen LogP contribution in [0.25, 0.3) is 0 Å². The van der Waals surface area contributed by atoms with Crippen molar-refractivity contribution in [3.63, 3.8) is 0 Å². The molecule has 2 saturated heterocycles. The fourth-order valence-corrected chi connectivity index (χ4v) is 4.09. The Labute approximate surface area is 176 Å². The molecule has 0 saturated carbocycles. The Kier molecular flexibility index (Phi) is 5.53. The Morgan fingerprint density at radius 1 is 1.00 bits per heavy atom. The average molecular weight is 430 g/mol. The van der Waals surface area contributed by atoms with Crippen LogP contribution >= 0.6 is 0 Å². The highest BCUT2D eigenvalue weighted by Crippen LogP contribution is 2.30. The molecule has 0 spiro atoms. The number of hydrogen-bond acceptors (Lipinski definition) is 5. The zero-order chi connectivity index (χ0) is 22.1. The molecule has 0 bridgehead atoms. The van der Waals surface area contributed by atoms with Crippen LogP contribution in [0, 0.1) is 27.7 Å². The van der Waals surface area contributed by atoms with Crippen LogP contribution in [0.5, 0.6) is 0 Å². The van der Waals surface area contributed by atoms with E-state index in [1.165, 1.54) is 17.0 Å². The summed E-state index contributed by atoms with van der Waals surface area (Å²) in [6.07, 6.45) is 0.293. The standard InChI is InChI=1S/C21H20F2N4O4/c22-16-6-5-14(13-17(16)23)26-8-7-15(21(26)29)20(28)25-11-9-24(10-12-25)18-3-1-2-4-19(18)27(30)31/h1-6,13,15H,7-12H2. The first kappa shape index (κ1) is 20.7. The number of piperazine rings is 1. The van der Waals surface area contributed by atoms with Crippen LogP contribution in [0.15, 0.2) is 42.5 Å². The molecule has 2 aromatic carbocycles. The number of nitro benzene ring substituents is 1. The van der Waals surface area contributed by atoms with Gasteiger partial charge in [-0.3, -0.25) is 19.7 Å². The Bertz CT molecular complexity index is 1040. The van der Waals surface area contributed by atoms with Gasteiger partial charge >= 0.3 is 0 Å². The first-order valence-electron chi connectivity index (χ1n) is 9.90. The van der Waals surface area contributed by atoms with Gasteiger partial charge in [-0.2, -0.15) is 0 Å². The van der Waals surface area contributed by atoms with Crippen LogP contribution in [0.4, 0.5) is 25.8 Å². The molecule has 2 heterocycles. The van der Waals surface area contributed by atoms with Crippen molar-refractivity contribution in [2.75, 3.05) is 42.5 Å². The van der Waals surface area contributed by atoms with E-state index in [1.54, 1.807) is 23.1 Å². The highest BCUT2D eigenvalue weighted by Gasteiger charge is 2.40. The number of nitro groups is 1. The van der Waals surface area contributed by atoms with Gasteiger partial charge < -0.3 is 14.7 Å². The summed E-state index contributed by atoms with van der Waals surface area (Å²) in [4.78, 5) is 41.3. The second-order valence-electron chi connectivity index (χ2n) is 7.49. The van der Waals surface area contributed by atoms with Crippen molar-refractivity contribution in [3.8, 4) is 0 Å². The molecular weight excluding hydrogens is 410 g/mol. The summed E-state index contributed by atoms with van der Waals surface area (Å²) in [5.74, 6) is -3.66. The second kappa shape index (κ2) is 8.29. The number of anilines is 2. The van der Waals surface area contributed by atoms with Crippen molar-refractivity contribution in [1.82, 2.24) is 4.90 Å². The third-order valence-corrected chi connectivity index (χ3v) is 5.73. The van der Waals surface area contributed by atoms with Crippen LogP contribution in [0.1, 0.15) is 6.42 Å². The first-order chi connectivity index (χ1) is 14.9. The Hall–Kier alpha value is -3.56. The highest BCUT2D eigenvalue weighted by atomic mass is 19.2. The van der Waals surface area contributed by atoms with E-state index in [2.05, 4.69) is 0 Å². The number of carbonyl (C=O) groups is 2. The summed E-state index contributed by atoms with van der Waals surface area (Å²) in [6.45, 7) is 1.73. The Morgan fingerprint density at radius 2 is 1.71 bits per heavy atom. The summed E-state index contributed by atoms with van der Waals surface area (Å²) in [7, 11) is 0. The molecule has 162 valence electrons. The highest BCUT2D eigenvalue weighted by molar-refractivity contribution is 6.09. The molecule has 0 N–H and O–H groups in total. The van der Waals surface area contributed by atoms with Crippen molar-refractivity contribution in [2.24, 2.45) is 5.92 Å². The van der Waals surface area contributed by atoms with Gasteiger partial charge in [-0.15, -0.1) is 0 Å². The van der Waals surface area contributed by atoms with E-state index in [9.17, 15) is 28.5 Å². The lowest BCUT2D eigenvalue weighted by molar-refractivity contribution is -0.384. The molecule has 2 aliphatic heterocycles. The quantitative estimate of drug-likeness (QED) is 0.423. The van der Waals surface area contributed by atoms with Gasteiger partial charge in [-0.1, -0.05) is 12.1 Å². The maximum absolute atomic E-state index is 13.5. The fourth-order valence-electron chi connectivity index (χ4n) is 4.09. The van der Waals surface area contributed by atoms with E-state index < -0.39 is 28.4 Å². The van der Waals surface area contributed by atoms with Gasteiger partial charge in [0.1, 0.15) is 11.6 Å². The number of hydrogen-bond donors (Lipinski definition) is 0. The Balaban J connectivity index is 1.41. The third-order valence-electron chi connectivity index (χ3n) is 5.73. The maximum Gasteiger partial charge on any atom is 0.292 e. The average Bonchev–Trinajstić information content (AvgIpc) is 3.16. The van der Waals surface area contributed by atoms with Gasteiger partial charge in [0.15, 0.2) is 11.6 Å². The lowest BCUT2D eigenvalue weighted by Gasteiger charge is -2.36. The topological polar surface area (TPSA) is 87.0 Å². The number of carbonyl (C=O) groups excluding carboxylic acids is 2. The molecule has 8 nitrogen and oxygen atoms in total. The molecule has 31 heavy (non-hydrogen) atoms. The molecule has 4 rings (SSSR count). The van der Waals surface area contributed by atoms with E-state index in [1.807, 2.05) is 4.90 Å². The summed E-state index contributed by atoms with van der Waals surface area (Å²) in [5, 5.41) is 11.3. The van der Waals surface area contributed by atoms with Crippen LogP contribution in [0.2, 0.25) is 0 Å². The van der Waals surface area contributed by atoms with Crippen molar-refractivity contribution in [3.05, 3.63) is 64.2 Å². The number of benzene rings is 2. The van der Waals surface area contributed by atoms with Crippen LogP contribution in [-0.2, 0) is 9.59 Å². The minimum absolute atomic E-state index is 0.00965. The third kappa shape index (κ3) is 3.92. The predicted molar refractivity (Wildman–Crippen MR) is 109 cm³/mol. The number of para-hydroxylation sites is 2. The molecule has 1 unspecified atom stereocenters. The van der Waals surface area contributed by atoms with E-state index in [4.69, 9.17) is 0 Å². The van der Waals surface area contributed by atoms with Gasteiger partial charge in [0.25, 0.3) is 5.69 Å². The molecular formula is C21H20F2N4O4. The normalized spacial score (nSPS) is 19.1. The lowest BCUT2D eigenvalue weighted by atomic mass is 10.1. The zero-order valence-electron chi connectivity index (χ0n) is 16.5. The molecule has 2 fully saturated rings. The van der Waals surface area contributed by atoms with Gasteiger partial charge in [0.05, 0.1) is 4.92 Å². The molecule has 2 amide bonds. The maximum atomic E-state index is 13.5. The van der Waals surface area contributed by atoms with Crippen molar-refractivity contribution in [2.45, 2.75) is 6.42 Å². The minimum atomic E-state index is -1.05. The van der Waals surface area contributed by atoms with Crippen LogP contribution < -0.4 is 9.80 Å². The largest absolute Gasteiger partial charge is 0.362 e. The van der Waals surface area contributed by atoms with Gasteiger partial charge in [0.2, 0.25) is 11.8 Å². The number of amides is 2. The monoisotopic (exact) mass is 430 g/mol. The SMILES string of the molecule is O=C(C1CCN(c2ccc(F)c(F)c2)C1=O)N1CCN(c2ccccc2[N+](=O)[O-])CC1. The number of rotatable bonds is 4. The van der Waals surface area contributed by atoms with Crippen molar-refractivity contribution >= 4 is 28.9 Å². The van der Waals surface area contributed by atoms with E-state index in [0.717, 1.165) is 12.1 Å².